The number of nitrogens with two attached hydrogens (primary N) is 1. The minimum Gasteiger partial charge on any atom is -0.493 e. The summed E-state index contributed by atoms with van der Waals surface area (Å²) in [6, 6.07) is 5.83. The standard InChI is InChI=1S/C14H19NO3S/c15-14(12-5-7-19(16,17)9-12)11-3-4-13-10(8-11)2-1-6-18-13/h3-4,8,12,14H,1-2,5-7,9,15H2. The lowest BCUT2D eigenvalue weighted by atomic mass is 9.91. The Labute approximate surface area is 113 Å². The van der Waals surface area contributed by atoms with Gasteiger partial charge in [0.15, 0.2) is 9.84 Å². The lowest BCUT2D eigenvalue weighted by Gasteiger charge is -2.22. The summed E-state index contributed by atoms with van der Waals surface area (Å²) in [5.41, 5.74) is 8.48. The number of fused-ring (bicyclic) bond motifs is 1. The molecule has 0 bridgehead atoms. The van der Waals surface area contributed by atoms with Gasteiger partial charge in [-0.15, -0.1) is 0 Å². The van der Waals surface area contributed by atoms with Gasteiger partial charge in [-0.2, -0.15) is 0 Å². The van der Waals surface area contributed by atoms with Gasteiger partial charge in [0.1, 0.15) is 5.75 Å². The molecule has 0 amide bonds. The zero-order chi connectivity index (χ0) is 13.5. The second-order valence-corrected chi connectivity index (χ2v) is 7.74. The lowest BCUT2D eigenvalue weighted by molar-refractivity contribution is 0.288. The molecule has 19 heavy (non-hydrogen) atoms. The van der Waals surface area contributed by atoms with Crippen LogP contribution in [0.2, 0.25) is 0 Å². The second kappa shape index (κ2) is 4.80. The van der Waals surface area contributed by atoms with Gasteiger partial charge in [0.05, 0.1) is 18.1 Å². The topological polar surface area (TPSA) is 69.4 Å². The normalized spacial score (nSPS) is 26.5. The van der Waals surface area contributed by atoms with Crippen LogP contribution in [0.25, 0.3) is 0 Å². The molecule has 0 saturated carbocycles. The van der Waals surface area contributed by atoms with E-state index < -0.39 is 9.84 Å². The molecule has 2 aliphatic rings. The van der Waals surface area contributed by atoms with Crippen molar-refractivity contribution in [1.82, 2.24) is 0 Å². The quantitative estimate of drug-likeness (QED) is 0.890. The second-order valence-electron chi connectivity index (χ2n) is 5.51. The minimum atomic E-state index is -2.87. The van der Waals surface area contributed by atoms with Crippen molar-refractivity contribution in [2.24, 2.45) is 11.7 Å². The van der Waals surface area contributed by atoms with E-state index in [0.29, 0.717) is 6.42 Å². The summed E-state index contributed by atoms with van der Waals surface area (Å²) >= 11 is 0. The zero-order valence-electron chi connectivity index (χ0n) is 10.8. The highest BCUT2D eigenvalue weighted by atomic mass is 32.2. The van der Waals surface area contributed by atoms with Crippen molar-refractivity contribution >= 4 is 9.84 Å². The number of sulfone groups is 1. The van der Waals surface area contributed by atoms with Crippen molar-refractivity contribution < 1.29 is 13.2 Å². The molecular weight excluding hydrogens is 262 g/mol. The van der Waals surface area contributed by atoms with Crippen LogP contribution < -0.4 is 10.5 Å². The molecule has 2 unspecified atom stereocenters. The smallest absolute Gasteiger partial charge is 0.150 e. The first-order chi connectivity index (χ1) is 9.05. The van der Waals surface area contributed by atoms with Crippen LogP contribution in [0.1, 0.15) is 30.0 Å². The monoisotopic (exact) mass is 281 g/mol. The minimum absolute atomic E-state index is 0.0487. The van der Waals surface area contributed by atoms with Gasteiger partial charge in [-0.1, -0.05) is 12.1 Å². The van der Waals surface area contributed by atoms with Crippen LogP contribution in [0.5, 0.6) is 5.75 Å². The van der Waals surface area contributed by atoms with Crippen molar-refractivity contribution in [3.05, 3.63) is 29.3 Å². The molecule has 2 atom stereocenters. The van der Waals surface area contributed by atoms with E-state index in [1.807, 2.05) is 12.1 Å². The van der Waals surface area contributed by atoms with Crippen molar-refractivity contribution in [3.63, 3.8) is 0 Å². The summed E-state index contributed by atoms with van der Waals surface area (Å²) in [5.74, 6) is 1.50. The van der Waals surface area contributed by atoms with Crippen LogP contribution in [-0.4, -0.2) is 26.5 Å². The maximum atomic E-state index is 11.5. The number of rotatable bonds is 2. The average molecular weight is 281 g/mol. The van der Waals surface area contributed by atoms with Crippen LogP contribution in [0, 0.1) is 5.92 Å². The maximum absolute atomic E-state index is 11.5. The predicted molar refractivity (Wildman–Crippen MR) is 73.9 cm³/mol. The van der Waals surface area contributed by atoms with Gasteiger partial charge >= 0.3 is 0 Å². The van der Waals surface area contributed by atoms with Crippen molar-refractivity contribution in [2.75, 3.05) is 18.1 Å². The number of aryl methyl sites for hydroxylation is 1. The molecule has 2 aliphatic heterocycles. The Kier molecular flexibility index (Phi) is 3.27. The molecule has 0 aliphatic carbocycles. The van der Waals surface area contributed by atoms with Crippen LogP contribution in [0.3, 0.4) is 0 Å². The molecule has 0 spiro atoms. The van der Waals surface area contributed by atoms with E-state index in [-0.39, 0.29) is 23.5 Å². The maximum Gasteiger partial charge on any atom is 0.150 e. The highest BCUT2D eigenvalue weighted by Gasteiger charge is 2.32. The Morgan fingerprint density at radius 2 is 2.21 bits per heavy atom. The van der Waals surface area contributed by atoms with E-state index in [4.69, 9.17) is 10.5 Å². The summed E-state index contributed by atoms with van der Waals surface area (Å²) in [5, 5.41) is 0. The molecule has 104 valence electrons. The first kappa shape index (κ1) is 12.9. The van der Waals surface area contributed by atoms with E-state index >= 15 is 0 Å². The van der Waals surface area contributed by atoms with Crippen molar-refractivity contribution in [1.29, 1.82) is 0 Å². The number of hydrogen-bond acceptors (Lipinski definition) is 4. The van der Waals surface area contributed by atoms with Crippen molar-refractivity contribution in [2.45, 2.75) is 25.3 Å². The molecule has 5 heteroatoms. The zero-order valence-corrected chi connectivity index (χ0v) is 11.7. The summed E-state index contributed by atoms with van der Waals surface area (Å²) in [7, 11) is -2.87. The summed E-state index contributed by atoms with van der Waals surface area (Å²) in [6.45, 7) is 0.777. The molecule has 1 fully saturated rings. The van der Waals surface area contributed by atoms with Crippen LogP contribution in [0.15, 0.2) is 18.2 Å². The molecule has 2 heterocycles. The summed E-state index contributed by atoms with van der Waals surface area (Å²) < 4.78 is 28.6. The number of benzene rings is 1. The Morgan fingerprint density at radius 1 is 1.37 bits per heavy atom. The fourth-order valence-corrected chi connectivity index (χ4v) is 4.82. The molecule has 0 aromatic heterocycles. The fraction of sp³-hybridized carbons (Fsp3) is 0.571. The Morgan fingerprint density at radius 3 is 2.95 bits per heavy atom. The third-order valence-corrected chi connectivity index (χ3v) is 5.89. The molecule has 4 nitrogen and oxygen atoms in total. The van der Waals surface area contributed by atoms with E-state index in [9.17, 15) is 8.42 Å². The Bertz CT molecular complexity index is 582. The summed E-state index contributed by atoms with van der Waals surface area (Å²) in [4.78, 5) is 0. The van der Waals surface area contributed by atoms with Crippen LogP contribution in [0.4, 0.5) is 0 Å². The van der Waals surface area contributed by atoms with Gasteiger partial charge in [0, 0.05) is 6.04 Å². The van der Waals surface area contributed by atoms with Gasteiger partial charge < -0.3 is 10.5 Å². The lowest BCUT2D eigenvalue weighted by Crippen LogP contribution is -2.23. The Balaban J connectivity index is 1.82. The first-order valence-corrected chi connectivity index (χ1v) is 8.59. The van der Waals surface area contributed by atoms with Gasteiger partial charge in [-0.25, -0.2) is 8.42 Å². The van der Waals surface area contributed by atoms with Gasteiger partial charge in [-0.05, 0) is 42.4 Å². The SMILES string of the molecule is NC(c1ccc2c(c1)CCCO2)C1CCS(=O)(=O)C1. The van der Waals surface area contributed by atoms with Crippen LogP contribution >= 0.6 is 0 Å². The molecule has 1 saturated heterocycles. The van der Waals surface area contributed by atoms with E-state index in [1.165, 1.54) is 5.56 Å². The molecule has 2 N–H and O–H groups in total. The van der Waals surface area contributed by atoms with Crippen LogP contribution in [-0.2, 0) is 16.3 Å². The van der Waals surface area contributed by atoms with Crippen molar-refractivity contribution in [3.8, 4) is 5.75 Å². The molecule has 1 aromatic carbocycles. The largest absolute Gasteiger partial charge is 0.493 e. The molecule has 0 radical (unpaired) electrons. The number of hydrogen-bond donors (Lipinski definition) is 1. The van der Waals surface area contributed by atoms with E-state index in [0.717, 1.165) is 30.8 Å². The number of ether oxygens (including phenoxy) is 1. The molecule has 3 rings (SSSR count). The molecular formula is C14H19NO3S. The van der Waals surface area contributed by atoms with Gasteiger partial charge in [0.2, 0.25) is 0 Å². The molecule has 1 aromatic rings. The third kappa shape index (κ3) is 2.62. The fourth-order valence-electron chi connectivity index (χ4n) is 2.97. The van der Waals surface area contributed by atoms with E-state index in [1.54, 1.807) is 0 Å². The first-order valence-electron chi connectivity index (χ1n) is 6.77. The average Bonchev–Trinajstić information content (AvgIpc) is 2.78. The Hall–Kier alpha value is -1.07. The highest BCUT2D eigenvalue weighted by molar-refractivity contribution is 7.91. The predicted octanol–water partition coefficient (Wildman–Crippen LogP) is 1.45. The summed E-state index contributed by atoms with van der Waals surface area (Å²) in [6.07, 6.45) is 2.72. The van der Waals surface area contributed by atoms with Gasteiger partial charge in [-0.3, -0.25) is 0 Å². The van der Waals surface area contributed by atoms with Gasteiger partial charge in [0.25, 0.3) is 0 Å². The van der Waals surface area contributed by atoms with E-state index in [2.05, 4.69) is 6.07 Å². The highest BCUT2D eigenvalue weighted by Crippen LogP contribution is 2.33. The third-order valence-electron chi connectivity index (χ3n) is 4.09.